The number of carbonyl (C=O) groups excluding carboxylic acids is 1. The molecule has 0 spiro atoms. The molecule has 0 bridgehead atoms. The van der Waals surface area contributed by atoms with E-state index in [2.05, 4.69) is 10.6 Å². The molecule has 0 saturated carbocycles. The maximum atomic E-state index is 12.6. The van der Waals surface area contributed by atoms with Gasteiger partial charge in [-0.05, 0) is 17.7 Å². The summed E-state index contributed by atoms with van der Waals surface area (Å²) in [6.07, 6.45) is -5.16. The van der Waals surface area contributed by atoms with Crippen molar-refractivity contribution in [1.82, 2.24) is 10.6 Å². The third kappa shape index (κ3) is 3.71. The zero-order chi connectivity index (χ0) is 14.8. The summed E-state index contributed by atoms with van der Waals surface area (Å²) in [5, 5.41) is 15.5. The van der Waals surface area contributed by atoms with Crippen molar-refractivity contribution >= 4 is 5.91 Å². The number of nitrogens with one attached hydrogen (secondary N) is 2. The average Bonchev–Trinajstić information content (AvgIpc) is 2.81. The first-order valence-electron chi connectivity index (χ1n) is 6.21. The molecule has 7 heteroatoms. The molecule has 1 aliphatic heterocycles. The lowest BCUT2D eigenvalue weighted by molar-refractivity contribution is -0.137. The summed E-state index contributed by atoms with van der Waals surface area (Å²) in [4.78, 5) is 11.0. The third-order valence-corrected chi connectivity index (χ3v) is 3.18. The van der Waals surface area contributed by atoms with Crippen LogP contribution in [0.3, 0.4) is 0 Å². The van der Waals surface area contributed by atoms with Gasteiger partial charge in [0.1, 0.15) is 0 Å². The summed E-state index contributed by atoms with van der Waals surface area (Å²) >= 11 is 0. The molecule has 2 rings (SSSR count). The molecule has 1 aromatic carbocycles. The summed E-state index contributed by atoms with van der Waals surface area (Å²) in [6, 6.07) is 4.51. The Bertz CT molecular complexity index is 491. The van der Waals surface area contributed by atoms with Crippen LogP contribution in [-0.2, 0) is 11.0 Å². The van der Waals surface area contributed by atoms with Gasteiger partial charge in [0.2, 0.25) is 5.91 Å². The average molecular weight is 288 g/mol. The highest BCUT2D eigenvalue weighted by Crippen LogP contribution is 2.30. The van der Waals surface area contributed by atoms with Gasteiger partial charge in [0.15, 0.2) is 0 Å². The minimum absolute atomic E-state index is 0.0731. The van der Waals surface area contributed by atoms with Crippen molar-refractivity contribution in [2.24, 2.45) is 0 Å². The normalized spacial score (nSPS) is 20.8. The Kier molecular flexibility index (Phi) is 4.29. The molecule has 3 N–H and O–H groups in total. The summed E-state index contributed by atoms with van der Waals surface area (Å²) in [7, 11) is 0. The first kappa shape index (κ1) is 14.8. The summed E-state index contributed by atoms with van der Waals surface area (Å²) in [5.41, 5.74) is -0.587. The summed E-state index contributed by atoms with van der Waals surface area (Å²) in [6.45, 7) is 0.565. The number of benzene rings is 1. The van der Waals surface area contributed by atoms with Gasteiger partial charge in [0.05, 0.1) is 11.7 Å². The minimum atomic E-state index is -4.43. The minimum Gasteiger partial charge on any atom is -0.387 e. The molecule has 1 aromatic rings. The lowest BCUT2D eigenvalue weighted by Crippen LogP contribution is -2.34. The van der Waals surface area contributed by atoms with Gasteiger partial charge in [-0.1, -0.05) is 12.1 Å². The maximum Gasteiger partial charge on any atom is 0.416 e. The molecule has 110 valence electrons. The summed E-state index contributed by atoms with van der Waals surface area (Å²) in [5.74, 6) is -0.0731. The third-order valence-electron chi connectivity index (χ3n) is 3.18. The first-order valence-corrected chi connectivity index (χ1v) is 6.21. The van der Waals surface area contributed by atoms with Crippen LogP contribution < -0.4 is 10.6 Å². The Labute approximate surface area is 114 Å². The molecule has 20 heavy (non-hydrogen) atoms. The Hall–Kier alpha value is -1.60. The molecule has 4 nitrogen and oxygen atoms in total. The number of hydrogen-bond donors (Lipinski definition) is 3. The number of amides is 1. The van der Waals surface area contributed by atoms with E-state index in [9.17, 15) is 23.1 Å². The van der Waals surface area contributed by atoms with Crippen LogP contribution in [0.25, 0.3) is 0 Å². The van der Waals surface area contributed by atoms with Crippen LogP contribution in [-0.4, -0.2) is 30.1 Å². The standard InChI is InChI=1S/C13H15F3N2O2/c14-13(15,16)9-3-1-2-8(4-9)11(19)7-17-10-5-12(20)18-6-10/h1-4,10-11,17,19H,5-7H2,(H,18,20). The van der Waals surface area contributed by atoms with Crippen LogP contribution in [0.1, 0.15) is 23.7 Å². The van der Waals surface area contributed by atoms with Crippen LogP contribution in [0, 0.1) is 0 Å². The van der Waals surface area contributed by atoms with Crippen LogP contribution in [0.4, 0.5) is 13.2 Å². The number of aliphatic hydroxyl groups is 1. The number of carbonyl (C=O) groups is 1. The second-order valence-electron chi connectivity index (χ2n) is 4.75. The van der Waals surface area contributed by atoms with E-state index in [0.717, 1.165) is 12.1 Å². The molecule has 0 aliphatic carbocycles. The largest absolute Gasteiger partial charge is 0.416 e. The predicted molar refractivity (Wildman–Crippen MR) is 65.8 cm³/mol. The Morgan fingerprint density at radius 1 is 1.45 bits per heavy atom. The Balaban J connectivity index is 1.95. The van der Waals surface area contributed by atoms with Crippen molar-refractivity contribution in [1.29, 1.82) is 0 Å². The van der Waals surface area contributed by atoms with E-state index in [1.54, 1.807) is 0 Å². The van der Waals surface area contributed by atoms with E-state index in [-0.39, 0.29) is 24.1 Å². The highest BCUT2D eigenvalue weighted by Gasteiger charge is 2.31. The Morgan fingerprint density at radius 3 is 2.80 bits per heavy atom. The van der Waals surface area contributed by atoms with Crippen LogP contribution >= 0.6 is 0 Å². The van der Waals surface area contributed by atoms with Crippen molar-refractivity contribution in [3.05, 3.63) is 35.4 Å². The Morgan fingerprint density at radius 2 is 2.20 bits per heavy atom. The second-order valence-corrected chi connectivity index (χ2v) is 4.75. The molecule has 1 heterocycles. The van der Waals surface area contributed by atoms with Gasteiger partial charge >= 0.3 is 6.18 Å². The van der Waals surface area contributed by atoms with E-state index in [0.29, 0.717) is 13.0 Å². The fraction of sp³-hybridized carbons (Fsp3) is 0.462. The van der Waals surface area contributed by atoms with Crippen molar-refractivity contribution < 1.29 is 23.1 Å². The number of aliphatic hydroxyl groups excluding tert-OH is 1. The SMILES string of the molecule is O=C1CC(NCC(O)c2cccc(C(F)(F)F)c2)CN1. The smallest absolute Gasteiger partial charge is 0.387 e. The number of hydrogen-bond acceptors (Lipinski definition) is 3. The molecule has 0 radical (unpaired) electrons. The van der Waals surface area contributed by atoms with Gasteiger partial charge in [0.25, 0.3) is 0 Å². The van der Waals surface area contributed by atoms with E-state index in [4.69, 9.17) is 0 Å². The molecule has 1 saturated heterocycles. The lowest BCUT2D eigenvalue weighted by Gasteiger charge is -2.16. The van der Waals surface area contributed by atoms with E-state index >= 15 is 0 Å². The van der Waals surface area contributed by atoms with Crippen LogP contribution in [0.5, 0.6) is 0 Å². The summed E-state index contributed by atoms with van der Waals surface area (Å²) < 4.78 is 37.7. The zero-order valence-electron chi connectivity index (χ0n) is 10.6. The van der Waals surface area contributed by atoms with E-state index in [1.807, 2.05) is 0 Å². The van der Waals surface area contributed by atoms with Gasteiger partial charge in [0, 0.05) is 25.6 Å². The lowest BCUT2D eigenvalue weighted by atomic mass is 10.1. The first-order chi connectivity index (χ1) is 9.36. The van der Waals surface area contributed by atoms with Crippen molar-refractivity contribution in [3.8, 4) is 0 Å². The zero-order valence-corrected chi connectivity index (χ0v) is 10.6. The van der Waals surface area contributed by atoms with Gasteiger partial charge in [-0.25, -0.2) is 0 Å². The highest BCUT2D eigenvalue weighted by molar-refractivity contribution is 5.78. The molecule has 2 unspecified atom stereocenters. The highest BCUT2D eigenvalue weighted by atomic mass is 19.4. The number of rotatable bonds is 4. The van der Waals surface area contributed by atoms with Gasteiger partial charge in [-0.2, -0.15) is 13.2 Å². The topological polar surface area (TPSA) is 61.4 Å². The molecule has 1 fully saturated rings. The second kappa shape index (κ2) is 5.80. The fourth-order valence-corrected chi connectivity index (χ4v) is 2.07. The fourth-order valence-electron chi connectivity index (χ4n) is 2.07. The predicted octanol–water partition coefficient (Wildman–Crippen LogP) is 1.22. The monoisotopic (exact) mass is 288 g/mol. The van der Waals surface area contributed by atoms with Crippen molar-refractivity contribution in [2.45, 2.75) is 24.7 Å². The van der Waals surface area contributed by atoms with Crippen LogP contribution in [0.15, 0.2) is 24.3 Å². The molecule has 1 amide bonds. The molecule has 2 atom stereocenters. The van der Waals surface area contributed by atoms with Crippen molar-refractivity contribution in [2.75, 3.05) is 13.1 Å². The molecule has 0 aromatic heterocycles. The van der Waals surface area contributed by atoms with E-state index in [1.165, 1.54) is 12.1 Å². The van der Waals surface area contributed by atoms with E-state index < -0.39 is 17.8 Å². The quantitative estimate of drug-likeness (QED) is 0.780. The number of halogens is 3. The van der Waals surface area contributed by atoms with Gasteiger partial charge in [-0.15, -0.1) is 0 Å². The number of alkyl halides is 3. The maximum absolute atomic E-state index is 12.6. The van der Waals surface area contributed by atoms with Crippen molar-refractivity contribution in [3.63, 3.8) is 0 Å². The van der Waals surface area contributed by atoms with Crippen LogP contribution in [0.2, 0.25) is 0 Å². The molecular formula is C13H15F3N2O2. The molecular weight excluding hydrogens is 273 g/mol. The molecule has 1 aliphatic rings. The van der Waals surface area contributed by atoms with Gasteiger partial charge < -0.3 is 15.7 Å². The van der Waals surface area contributed by atoms with Gasteiger partial charge in [-0.3, -0.25) is 4.79 Å².